The molecule has 248 valence electrons. The Bertz CT molecular complexity index is 1670. The second kappa shape index (κ2) is 14.1. The van der Waals surface area contributed by atoms with Crippen molar-refractivity contribution in [2.75, 3.05) is 28.2 Å². The molecule has 2 aliphatic rings. The number of amides is 4. The lowest BCUT2D eigenvalue weighted by atomic mass is 9.98. The van der Waals surface area contributed by atoms with Crippen LogP contribution < -0.4 is 10.6 Å². The molecule has 4 rings (SSSR count). The Hall–Kier alpha value is -5.12. The van der Waals surface area contributed by atoms with E-state index in [0.717, 1.165) is 56.2 Å². The Morgan fingerprint density at radius 3 is 1.32 bits per heavy atom. The number of carbonyl (C=O) groups excluding carboxylic acids is 4. The zero-order valence-corrected chi connectivity index (χ0v) is 28.8. The molecule has 4 heterocycles. The van der Waals surface area contributed by atoms with Crippen LogP contribution >= 0.6 is 0 Å². The maximum atomic E-state index is 12.6. The van der Waals surface area contributed by atoms with E-state index in [9.17, 15) is 19.2 Å². The monoisotopic (exact) mass is 638 g/mol. The van der Waals surface area contributed by atoms with E-state index in [2.05, 4.69) is 33.8 Å². The smallest absolute Gasteiger partial charge is 0.255 e. The summed E-state index contributed by atoms with van der Waals surface area (Å²) < 4.78 is 0. The van der Waals surface area contributed by atoms with Gasteiger partial charge in [-0.2, -0.15) is 0 Å². The van der Waals surface area contributed by atoms with Crippen molar-refractivity contribution in [2.24, 2.45) is 0 Å². The van der Waals surface area contributed by atoms with Crippen LogP contribution in [0.25, 0.3) is 12.2 Å². The number of H-pyrrole nitrogens is 2. The highest BCUT2D eigenvalue weighted by molar-refractivity contribution is 6.04. The van der Waals surface area contributed by atoms with Gasteiger partial charge in [0.15, 0.2) is 0 Å². The van der Waals surface area contributed by atoms with Gasteiger partial charge in [0.25, 0.3) is 11.8 Å². The Morgan fingerprint density at radius 2 is 1.02 bits per heavy atom. The molecule has 2 aromatic rings. The van der Waals surface area contributed by atoms with Crippen molar-refractivity contribution in [1.82, 2.24) is 30.4 Å². The van der Waals surface area contributed by atoms with Gasteiger partial charge in [-0.15, -0.1) is 0 Å². The molecular formula is C37H46N6O4. The number of aromatic amines is 2. The van der Waals surface area contributed by atoms with Gasteiger partial charge in [0, 0.05) is 92.8 Å². The maximum Gasteiger partial charge on any atom is 0.255 e. The topological polar surface area (TPSA) is 130 Å². The van der Waals surface area contributed by atoms with Gasteiger partial charge in [-0.25, -0.2) is 0 Å². The van der Waals surface area contributed by atoms with E-state index in [1.807, 2.05) is 39.8 Å². The fourth-order valence-electron chi connectivity index (χ4n) is 6.06. The summed E-state index contributed by atoms with van der Waals surface area (Å²) in [5.41, 5.74) is 11.7. The lowest BCUT2D eigenvalue weighted by molar-refractivity contribution is -0.129. The molecule has 0 atom stereocenters. The Kier molecular flexibility index (Phi) is 10.4. The Labute approximate surface area is 277 Å². The van der Waals surface area contributed by atoms with Gasteiger partial charge in [-0.05, 0) is 86.1 Å². The van der Waals surface area contributed by atoms with Crippen molar-refractivity contribution in [3.63, 3.8) is 0 Å². The molecule has 47 heavy (non-hydrogen) atoms. The zero-order valence-electron chi connectivity index (χ0n) is 28.8. The molecule has 0 bridgehead atoms. The van der Waals surface area contributed by atoms with Crippen molar-refractivity contribution >= 4 is 35.8 Å². The Morgan fingerprint density at radius 1 is 0.660 bits per heavy atom. The average Bonchev–Trinajstić information content (AvgIpc) is 3.66. The average molecular weight is 639 g/mol. The lowest BCUT2D eigenvalue weighted by Crippen LogP contribution is -2.22. The van der Waals surface area contributed by atoms with Crippen molar-refractivity contribution in [2.45, 2.75) is 59.8 Å². The number of carbonyl (C=O) groups is 4. The number of allylic oxidation sites excluding steroid dienone is 2. The van der Waals surface area contributed by atoms with Crippen LogP contribution in [0.1, 0.15) is 71.7 Å². The molecule has 0 aromatic carbocycles. The standard InChI is InChI=1S/C37H46N6O4/c1-11-24-20(3)30(40-36(24)46)17-28-22(5)26(13-15-34(44)42(7)8)32(38-28)19-33-27(14-16-35(45)43(9)10)23(6)29(39-33)18-31-21(4)25(12-2)37(47)41-31/h11-12,17-18,38-39H,1-2,13-16,19H2,3-10H3,(H,40,46)(H,41,47)/b30-17-,31-18-. The highest BCUT2D eigenvalue weighted by Gasteiger charge is 2.26. The van der Waals surface area contributed by atoms with E-state index in [0.29, 0.717) is 54.6 Å². The van der Waals surface area contributed by atoms with Crippen LogP contribution in [-0.4, -0.2) is 71.6 Å². The molecule has 10 nitrogen and oxygen atoms in total. The molecule has 0 saturated carbocycles. The molecule has 0 spiro atoms. The molecule has 0 fully saturated rings. The van der Waals surface area contributed by atoms with Crippen molar-refractivity contribution in [1.29, 1.82) is 0 Å². The summed E-state index contributed by atoms with van der Waals surface area (Å²) in [5, 5.41) is 5.87. The molecule has 0 aliphatic carbocycles. The van der Waals surface area contributed by atoms with E-state index < -0.39 is 0 Å². The third-order valence-electron chi connectivity index (χ3n) is 9.13. The van der Waals surface area contributed by atoms with Crippen LogP contribution in [0.15, 0.2) is 59.0 Å². The zero-order chi connectivity index (χ0) is 34.7. The van der Waals surface area contributed by atoms with E-state index >= 15 is 0 Å². The predicted octanol–water partition coefficient (Wildman–Crippen LogP) is 4.54. The number of rotatable bonds is 12. The summed E-state index contributed by atoms with van der Waals surface area (Å²) in [5.74, 6) is -0.312. The Balaban J connectivity index is 1.82. The third-order valence-corrected chi connectivity index (χ3v) is 9.13. The molecule has 2 aromatic heterocycles. The minimum absolute atomic E-state index is 0.0300. The second-order valence-corrected chi connectivity index (χ2v) is 12.5. The third kappa shape index (κ3) is 7.16. The van der Waals surface area contributed by atoms with Crippen LogP contribution in [0.2, 0.25) is 0 Å². The fourth-order valence-corrected chi connectivity index (χ4v) is 6.06. The van der Waals surface area contributed by atoms with E-state index in [4.69, 9.17) is 0 Å². The van der Waals surface area contributed by atoms with Gasteiger partial charge >= 0.3 is 0 Å². The summed E-state index contributed by atoms with van der Waals surface area (Å²) in [6.07, 6.45) is 9.22. The van der Waals surface area contributed by atoms with Crippen molar-refractivity contribution in [3.8, 4) is 0 Å². The number of nitrogens with zero attached hydrogens (tertiary/aromatic N) is 2. The molecule has 0 saturated heterocycles. The molecule has 10 heteroatoms. The number of hydrogen-bond donors (Lipinski definition) is 4. The summed E-state index contributed by atoms with van der Waals surface area (Å²) in [6.45, 7) is 15.4. The molecule has 4 amide bonds. The molecular weight excluding hydrogens is 592 g/mol. The van der Waals surface area contributed by atoms with Gasteiger partial charge < -0.3 is 30.4 Å². The van der Waals surface area contributed by atoms with Crippen molar-refractivity contribution < 1.29 is 19.2 Å². The van der Waals surface area contributed by atoms with E-state index in [1.54, 1.807) is 50.1 Å². The largest absolute Gasteiger partial charge is 0.358 e. The number of aromatic nitrogens is 2. The van der Waals surface area contributed by atoms with Crippen LogP contribution in [-0.2, 0) is 38.4 Å². The van der Waals surface area contributed by atoms with Crippen molar-refractivity contribution in [3.05, 3.63) is 104 Å². The maximum absolute atomic E-state index is 12.6. The highest BCUT2D eigenvalue weighted by atomic mass is 16.2. The van der Waals surface area contributed by atoms with Gasteiger partial charge in [0.1, 0.15) is 0 Å². The SMILES string of the molecule is C=CC1=C(C)/C(=C/c2[nH]c(Cc3[nH]c(/C=C4\NC(=O)C(C=C)=C4C)c(C)c3CCC(=O)N(C)C)c(CCC(=O)N(C)C)c2C)NC1=O. The van der Waals surface area contributed by atoms with Gasteiger partial charge in [-0.1, -0.05) is 25.3 Å². The van der Waals surface area contributed by atoms with Gasteiger partial charge in [0.05, 0.1) is 0 Å². The van der Waals surface area contributed by atoms with E-state index in [-0.39, 0.29) is 23.6 Å². The molecule has 0 radical (unpaired) electrons. The van der Waals surface area contributed by atoms with Crippen LogP contribution in [0.4, 0.5) is 0 Å². The first kappa shape index (κ1) is 34.7. The molecule has 0 unspecified atom stereocenters. The molecule has 2 aliphatic heterocycles. The first-order valence-corrected chi connectivity index (χ1v) is 15.7. The van der Waals surface area contributed by atoms with Gasteiger partial charge in [0.2, 0.25) is 11.8 Å². The van der Waals surface area contributed by atoms with Crippen LogP contribution in [0.5, 0.6) is 0 Å². The minimum atomic E-state index is -0.186. The quantitative estimate of drug-likeness (QED) is 0.272. The number of hydrogen-bond acceptors (Lipinski definition) is 4. The van der Waals surface area contributed by atoms with Gasteiger partial charge in [-0.3, -0.25) is 19.2 Å². The van der Waals surface area contributed by atoms with Crippen LogP contribution in [0, 0.1) is 13.8 Å². The van der Waals surface area contributed by atoms with Crippen LogP contribution in [0.3, 0.4) is 0 Å². The normalized spacial score (nSPS) is 16.3. The number of nitrogens with one attached hydrogen (secondary N) is 4. The lowest BCUT2D eigenvalue weighted by Gasteiger charge is -2.12. The first-order valence-electron chi connectivity index (χ1n) is 15.7. The fraction of sp³-hybridized carbons (Fsp3) is 0.351. The highest BCUT2D eigenvalue weighted by Crippen LogP contribution is 2.31. The minimum Gasteiger partial charge on any atom is -0.358 e. The second-order valence-electron chi connectivity index (χ2n) is 12.5. The summed E-state index contributed by atoms with van der Waals surface area (Å²) in [4.78, 5) is 60.6. The predicted molar refractivity (Wildman–Crippen MR) is 186 cm³/mol. The summed E-state index contributed by atoms with van der Waals surface area (Å²) in [7, 11) is 7.00. The molecule has 4 N–H and O–H groups in total. The summed E-state index contributed by atoms with van der Waals surface area (Å²) >= 11 is 0. The van der Waals surface area contributed by atoms with E-state index in [1.165, 1.54) is 0 Å². The first-order chi connectivity index (χ1) is 22.2. The summed E-state index contributed by atoms with van der Waals surface area (Å²) in [6, 6.07) is 0.